The van der Waals surface area contributed by atoms with E-state index in [0.717, 1.165) is 35.1 Å². The molecule has 4 aromatic rings. The first kappa shape index (κ1) is 28.4. The van der Waals surface area contributed by atoms with Crippen LogP contribution in [0.2, 0.25) is 0 Å². The highest BCUT2D eigenvalue weighted by Crippen LogP contribution is 2.32. The van der Waals surface area contributed by atoms with Crippen LogP contribution in [0.4, 0.5) is 23.7 Å². The molecule has 4 rings (SSSR count). The van der Waals surface area contributed by atoms with Crippen molar-refractivity contribution in [3.8, 4) is 5.69 Å². The number of benzene rings is 3. The second-order valence-electron chi connectivity index (χ2n) is 9.34. The maximum Gasteiger partial charge on any atom is 0.435 e. The molecular weight excluding hydrogens is 521 g/mol. The molecule has 208 valence electrons. The Morgan fingerprint density at radius 2 is 1.68 bits per heavy atom. The fourth-order valence-electron chi connectivity index (χ4n) is 4.50. The highest BCUT2D eigenvalue weighted by molar-refractivity contribution is 6.03. The van der Waals surface area contributed by atoms with E-state index in [1.807, 2.05) is 36.4 Å². The largest absolute Gasteiger partial charge is 0.465 e. The second kappa shape index (κ2) is 12.5. The smallest absolute Gasteiger partial charge is 0.435 e. The van der Waals surface area contributed by atoms with Gasteiger partial charge in [0.25, 0.3) is 5.91 Å². The van der Waals surface area contributed by atoms with Crippen molar-refractivity contribution in [1.29, 1.82) is 0 Å². The van der Waals surface area contributed by atoms with Gasteiger partial charge >= 0.3 is 12.3 Å². The molecule has 0 saturated carbocycles. The number of hydrogen-bond donors (Lipinski definition) is 3. The van der Waals surface area contributed by atoms with Crippen molar-refractivity contribution in [3.63, 3.8) is 0 Å². The zero-order valence-electron chi connectivity index (χ0n) is 21.8. The lowest BCUT2D eigenvalue weighted by molar-refractivity contribution is -0.141. The van der Waals surface area contributed by atoms with Gasteiger partial charge in [0.2, 0.25) is 0 Å². The van der Waals surface area contributed by atoms with E-state index in [1.54, 1.807) is 18.2 Å². The number of anilines is 1. The number of alkyl halides is 3. The number of carboxylic acid groups (broad SMARTS) is 1. The fraction of sp³-hybridized carbons (Fsp3) is 0.233. The van der Waals surface area contributed by atoms with Crippen LogP contribution >= 0.6 is 0 Å². The molecule has 0 fully saturated rings. The minimum absolute atomic E-state index is 0.0640. The third-order valence-electron chi connectivity index (χ3n) is 6.43. The number of amides is 2. The SMILES string of the molecule is CCCCC(c1ccccc1)c1cccc(NC(=O)c2cc(C(F)(F)F)nn2-c2cccc(CNC(=O)O)c2)c1. The van der Waals surface area contributed by atoms with E-state index < -0.39 is 23.9 Å². The van der Waals surface area contributed by atoms with E-state index in [4.69, 9.17) is 5.11 Å². The van der Waals surface area contributed by atoms with Gasteiger partial charge in [-0.1, -0.05) is 74.4 Å². The first-order chi connectivity index (χ1) is 19.2. The highest BCUT2D eigenvalue weighted by atomic mass is 19.4. The summed E-state index contributed by atoms with van der Waals surface area (Å²) in [7, 11) is 0. The quantitative estimate of drug-likeness (QED) is 0.194. The monoisotopic (exact) mass is 550 g/mol. The molecule has 1 unspecified atom stereocenters. The van der Waals surface area contributed by atoms with E-state index in [1.165, 1.54) is 12.1 Å². The molecule has 0 aliphatic heterocycles. The Hall–Kier alpha value is -4.60. The van der Waals surface area contributed by atoms with Gasteiger partial charge in [-0.25, -0.2) is 9.48 Å². The maximum atomic E-state index is 13.6. The topological polar surface area (TPSA) is 96.3 Å². The van der Waals surface area contributed by atoms with Crippen LogP contribution in [0.1, 0.15) is 65.0 Å². The molecule has 1 atom stereocenters. The summed E-state index contributed by atoms with van der Waals surface area (Å²) in [6.45, 7) is 2.06. The van der Waals surface area contributed by atoms with Crippen LogP contribution < -0.4 is 10.6 Å². The van der Waals surface area contributed by atoms with E-state index >= 15 is 0 Å². The molecule has 3 N–H and O–H groups in total. The van der Waals surface area contributed by atoms with Gasteiger partial charge in [0.05, 0.1) is 5.69 Å². The number of hydrogen-bond acceptors (Lipinski definition) is 3. The molecular formula is C30H29F3N4O3. The summed E-state index contributed by atoms with van der Waals surface area (Å²) < 4.78 is 41.7. The zero-order valence-corrected chi connectivity index (χ0v) is 21.8. The van der Waals surface area contributed by atoms with Crippen LogP contribution in [0.5, 0.6) is 0 Å². The molecule has 3 aromatic carbocycles. The lowest BCUT2D eigenvalue weighted by Crippen LogP contribution is -2.20. The first-order valence-corrected chi connectivity index (χ1v) is 12.9. The summed E-state index contributed by atoms with van der Waals surface area (Å²) in [5, 5.41) is 17.5. The van der Waals surface area contributed by atoms with Crippen molar-refractivity contribution < 1.29 is 27.9 Å². The van der Waals surface area contributed by atoms with Crippen LogP contribution in [0, 0.1) is 0 Å². The molecule has 7 nitrogen and oxygen atoms in total. The minimum atomic E-state index is -4.77. The zero-order chi connectivity index (χ0) is 28.7. The predicted octanol–water partition coefficient (Wildman–Crippen LogP) is 7.23. The molecule has 1 heterocycles. The second-order valence-corrected chi connectivity index (χ2v) is 9.34. The number of nitrogens with zero attached hydrogens (tertiary/aromatic N) is 2. The van der Waals surface area contributed by atoms with Gasteiger partial charge in [-0.15, -0.1) is 0 Å². The number of carbonyl (C=O) groups is 2. The van der Waals surface area contributed by atoms with Crippen molar-refractivity contribution in [1.82, 2.24) is 15.1 Å². The Kier molecular flexibility index (Phi) is 8.88. The number of halogens is 3. The van der Waals surface area contributed by atoms with Crippen LogP contribution in [-0.4, -0.2) is 26.9 Å². The van der Waals surface area contributed by atoms with Gasteiger partial charge in [0.1, 0.15) is 5.69 Å². The lowest BCUT2D eigenvalue weighted by atomic mass is 9.87. The van der Waals surface area contributed by atoms with E-state index in [9.17, 15) is 22.8 Å². The van der Waals surface area contributed by atoms with Gasteiger partial charge in [0.15, 0.2) is 5.69 Å². The van der Waals surface area contributed by atoms with Crippen LogP contribution in [0.25, 0.3) is 5.69 Å². The van der Waals surface area contributed by atoms with Crippen molar-refractivity contribution in [2.24, 2.45) is 0 Å². The predicted molar refractivity (Wildman–Crippen MR) is 146 cm³/mol. The van der Waals surface area contributed by atoms with E-state index in [0.29, 0.717) is 17.3 Å². The van der Waals surface area contributed by atoms with Crippen LogP contribution in [0.15, 0.2) is 84.9 Å². The highest BCUT2D eigenvalue weighted by Gasteiger charge is 2.36. The summed E-state index contributed by atoms with van der Waals surface area (Å²) in [6, 6.07) is 24.2. The standard InChI is InChI=1S/C30H29F3N4O3/c1-2-3-15-25(21-10-5-4-6-11-21)22-12-8-13-23(17-22)35-28(38)26-18-27(30(31,32)33)36-37(26)24-14-7-9-20(16-24)19-34-29(39)40/h4-14,16-18,25,34H,2-3,15,19H2,1H3,(H,35,38)(H,39,40). The minimum Gasteiger partial charge on any atom is -0.465 e. The Morgan fingerprint density at radius 1 is 0.950 bits per heavy atom. The first-order valence-electron chi connectivity index (χ1n) is 12.9. The Bertz CT molecular complexity index is 1470. The van der Waals surface area contributed by atoms with Gasteiger partial charge in [0, 0.05) is 24.2 Å². The number of unbranched alkanes of at least 4 members (excludes halogenated alkanes) is 1. The molecule has 0 saturated heterocycles. The number of aromatic nitrogens is 2. The van der Waals surface area contributed by atoms with Gasteiger partial charge in [-0.05, 0) is 47.4 Å². The van der Waals surface area contributed by atoms with Gasteiger partial charge in [-0.2, -0.15) is 18.3 Å². The third kappa shape index (κ3) is 7.07. The van der Waals surface area contributed by atoms with Crippen LogP contribution in [0.3, 0.4) is 0 Å². The third-order valence-corrected chi connectivity index (χ3v) is 6.43. The van der Waals surface area contributed by atoms with Gasteiger partial charge < -0.3 is 15.7 Å². The molecule has 0 bridgehead atoms. The van der Waals surface area contributed by atoms with Crippen molar-refractivity contribution in [2.75, 3.05) is 5.32 Å². The van der Waals surface area contributed by atoms with Crippen molar-refractivity contribution in [2.45, 2.75) is 44.8 Å². The molecule has 2 amide bonds. The molecule has 40 heavy (non-hydrogen) atoms. The van der Waals surface area contributed by atoms with E-state index in [2.05, 4.69) is 34.8 Å². The van der Waals surface area contributed by atoms with Crippen molar-refractivity contribution >= 4 is 17.7 Å². The Morgan fingerprint density at radius 3 is 2.38 bits per heavy atom. The molecule has 0 radical (unpaired) electrons. The molecule has 0 aliphatic carbocycles. The summed E-state index contributed by atoms with van der Waals surface area (Å²) in [5.41, 5.74) is 1.71. The normalized spacial score (nSPS) is 12.1. The number of rotatable bonds is 10. The summed E-state index contributed by atoms with van der Waals surface area (Å²) in [4.78, 5) is 24.2. The lowest BCUT2D eigenvalue weighted by Gasteiger charge is -2.19. The maximum absolute atomic E-state index is 13.6. The van der Waals surface area contributed by atoms with E-state index in [-0.39, 0.29) is 23.8 Å². The van der Waals surface area contributed by atoms with Crippen LogP contribution in [-0.2, 0) is 12.7 Å². The van der Waals surface area contributed by atoms with Gasteiger partial charge in [-0.3, -0.25) is 4.79 Å². The molecule has 1 aromatic heterocycles. The molecule has 10 heteroatoms. The number of nitrogens with one attached hydrogen (secondary N) is 2. The van der Waals surface area contributed by atoms with Crippen molar-refractivity contribution in [3.05, 3.63) is 113 Å². The summed E-state index contributed by atoms with van der Waals surface area (Å²) >= 11 is 0. The number of carbonyl (C=O) groups excluding carboxylic acids is 1. The Labute approximate surface area is 229 Å². The molecule has 0 aliphatic rings. The fourth-order valence-corrected chi connectivity index (χ4v) is 4.50. The summed E-state index contributed by atoms with van der Waals surface area (Å²) in [5.74, 6) is -0.665. The Balaban J connectivity index is 1.65. The summed E-state index contributed by atoms with van der Waals surface area (Å²) in [6.07, 6.45) is -3.07. The average Bonchev–Trinajstić information content (AvgIpc) is 3.40. The molecule has 0 spiro atoms. The average molecular weight is 551 g/mol.